The maximum Gasteiger partial charge on any atom is 0.257 e. The minimum atomic E-state index is -3.63. The smallest absolute Gasteiger partial charge is 0.257 e. The first-order chi connectivity index (χ1) is 15.5. The summed E-state index contributed by atoms with van der Waals surface area (Å²) < 4.78 is 39.7. The summed E-state index contributed by atoms with van der Waals surface area (Å²) >= 11 is 1.32. The Labute approximate surface area is 190 Å². The van der Waals surface area contributed by atoms with Crippen molar-refractivity contribution in [1.82, 2.24) is 9.29 Å². The van der Waals surface area contributed by atoms with E-state index in [9.17, 15) is 13.2 Å². The maximum atomic E-state index is 13.1. The number of benzene rings is 2. The quantitative estimate of drug-likeness (QED) is 0.618. The molecule has 1 amide bonds. The zero-order valence-corrected chi connectivity index (χ0v) is 19.0. The van der Waals surface area contributed by atoms with Crippen molar-refractivity contribution in [3.8, 4) is 11.5 Å². The lowest BCUT2D eigenvalue weighted by Crippen LogP contribution is -2.32. The van der Waals surface area contributed by atoms with E-state index in [4.69, 9.17) is 9.47 Å². The lowest BCUT2D eigenvalue weighted by Gasteiger charge is -2.20. The lowest BCUT2D eigenvalue weighted by atomic mass is 10.2. The molecule has 3 aromatic rings. The van der Waals surface area contributed by atoms with Gasteiger partial charge in [0.15, 0.2) is 16.6 Å². The first-order valence-corrected chi connectivity index (χ1v) is 12.9. The average molecular weight is 474 g/mol. The predicted molar refractivity (Wildman–Crippen MR) is 122 cm³/mol. The molecule has 1 fully saturated rings. The second-order valence-corrected chi connectivity index (χ2v) is 10.8. The first kappa shape index (κ1) is 21.2. The van der Waals surface area contributed by atoms with Crippen molar-refractivity contribution in [2.45, 2.75) is 30.6 Å². The number of fused-ring (bicyclic) bond motifs is 2. The molecule has 1 saturated heterocycles. The van der Waals surface area contributed by atoms with Gasteiger partial charge in [0.25, 0.3) is 5.91 Å². The van der Waals surface area contributed by atoms with Gasteiger partial charge in [-0.1, -0.05) is 30.2 Å². The third-order valence-corrected chi connectivity index (χ3v) is 8.40. The van der Waals surface area contributed by atoms with Crippen LogP contribution in [-0.4, -0.2) is 49.9 Å². The SMILES string of the molecule is O=C(Nc1nc2cc3c(cc2s1)OCCO3)c1cccc(S(=O)(=O)N2CCCCCC2)c1. The van der Waals surface area contributed by atoms with Crippen LogP contribution in [0.2, 0.25) is 0 Å². The van der Waals surface area contributed by atoms with Gasteiger partial charge >= 0.3 is 0 Å². The molecule has 2 aromatic carbocycles. The summed E-state index contributed by atoms with van der Waals surface area (Å²) in [7, 11) is -3.63. The second-order valence-electron chi connectivity index (χ2n) is 7.78. The Morgan fingerprint density at radius 3 is 2.47 bits per heavy atom. The predicted octanol–water partition coefficient (Wildman–Crippen LogP) is 3.88. The maximum absolute atomic E-state index is 13.1. The number of thiazole rings is 1. The van der Waals surface area contributed by atoms with Crippen molar-refractivity contribution in [2.75, 3.05) is 31.6 Å². The van der Waals surface area contributed by atoms with E-state index < -0.39 is 15.9 Å². The summed E-state index contributed by atoms with van der Waals surface area (Å²) in [6.45, 7) is 2.02. The molecule has 10 heteroatoms. The number of anilines is 1. The molecule has 168 valence electrons. The number of amides is 1. The number of hydrogen-bond acceptors (Lipinski definition) is 7. The number of hydrogen-bond donors (Lipinski definition) is 1. The molecule has 0 aliphatic carbocycles. The molecule has 5 rings (SSSR count). The van der Waals surface area contributed by atoms with Gasteiger partial charge in [0, 0.05) is 30.8 Å². The number of ether oxygens (including phenoxy) is 2. The Morgan fingerprint density at radius 1 is 1.00 bits per heavy atom. The molecular formula is C22H23N3O5S2. The highest BCUT2D eigenvalue weighted by atomic mass is 32.2. The van der Waals surface area contributed by atoms with E-state index in [1.165, 1.54) is 21.7 Å². The molecule has 0 unspecified atom stereocenters. The highest BCUT2D eigenvalue weighted by Gasteiger charge is 2.26. The number of nitrogens with one attached hydrogen (secondary N) is 1. The number of aromatic nitrogens is 1. The fraction of sp³-hybridized carbons (Fsp3) is 0.364. The molecule has 0 spiro atoms. The normalized spacial score (nSPS) is 17.1. The van der Waals surface area contributed by atoms with Gasteiger partial charge < -0.3 is 9.47 Å². The minimum absolute atomic E-state index is 0.137. The zero-order chi connectivity index (χ0) is 22.1. The summed E-state index contributed by atoms with van der Waals surface area (Å²) in [6, 6.07) is 9.82. The van der Waals surface area contributed by atoms with E-state index in [0.29, 0.717) is 48.5 Å². The van der Waals surface area contributed by atoms with E-state index in [1.807, 2.05) is 6.07 Å². The van der Waals surface area contributed by atoms with Crippen LogP contribution in [0.1, 0.15) is 36.0 Å². The van der Waals surface area contributed by atoms with Crippen molar-refractivity contribution in [1.29, 1.82) is 0 Å². The topological polar surface area (TPSA) is 97.8 Å². The van der Waals surface area contributed by atoms with Gasteiger partial charge in [-0.15, -0.1) is 0 Å². The summed E-state index contributed by atoms with van der Waals surface area (Å²) in [5, 5.41) is 3.21. The monoisotopic (exact) mass is 473 g/mol. The number of sulfonamides is 1. The number of nitrogens with zero attached hydrogens (tertiary/aromatic N) is 2. The Morgan fingerprint density at radius 2 is 1.72 bits per heavy atom. The van der Waals surface area contributed by atoms with Crippen LogP contribution in [0.4, 0.5) is 5.13 Å². The lowest BCUT2D eigenvalue weighted by molar-refractivity contribution is 0.102. The molecule has 1 N–H and O–H groups in total. The molecule has 0 radical (unpaired) electrons. The van der Waals surface area contributed by atoms with Gasteiger partial charge in [-0.05, 0) is 31.0 Å². The van der Waals surface area contributed by atoms with Crippen LogP contribution >= 0.6 is 11.3 Å². The van der Waals surface area contributed by atoms with Gasteiger partial charge in [0.05, 0.1) is 15.1 Å². The van der Waals surface area contributed by atoms with E-state index in [1.54, 1.807) is 24.3 Å². The van der Waals surface area contributed by atoms with Gasteiger partial charge in [-0.3, -0.25) is 10.1 Å². The van der Waals surface area contributed by atoms with Crippen molar-refractivity contribution < 1.29 is 22.7 Å². The summed E-state index contributed by atoms with van der Waals surface area (Å²) in [5.74, 6) is 0.893. The Kier molecular flexibility index (Phi) is 5.75. The largest absolute Gasteiger partial charge is 0.486 e. The van der Waals surface area contributed by atoms with Crippen LogP contribution < -0.4 is 14.8 Å². The van der Waals surface area contributed by atoms with Crippen molar-refractivity contribution in [3.63, 3.8) is 0 Å². The van der Waals surface area contributed by atoms with Crippen LogP contribution in [0.15, 0.2) is 41.3 Å². The zero-order valence-electron chi connectivity index (χ0n) is 17.4. The summed E-state index contributed by atoms with van der Waals surface area (Å²) in [6.07, 6.45) is 3.79. The Bertz CT molecular complexity index is 1220. The van der Waals surface area contributed by atoms with Crippen LogP contribution in [0.25, 0.3) is 10.2 Å². The van der Waals surface area contributed by atoms with Crippen LogP contribution in [-0.2, 0) is 10.0 Å². The van der Waals surface area contributed by atoms with Crippen LogP contribution in [0.3, 0.4) is 0 Å². The Hall–Kier alpha value is -2.69. The molecule has 8 nitrogen and oxygen atoms in total. The van der Waals surface area contributed by atoms with E-state index >= 15 is 0 Å². The van der Waals surface area contributed by atoms with Gasteiger partial charge in [0.1, 0.15) is 13.2 Å². The highest BCUT2D eigenvalue weighted by Crippen LogP contribution is 2.38. The van der Waals surface area contributed by atoms with E-state index in [0.717, 1.165) is 30.4 Å². The number of carbonyl (C=O) groups is 1. The third-order valence-electron chi connectivity index (χ3n) is 5.57. The van der Waals surface area contributed by atoms with Gasteiger partial charge in [-0.25, -0.2) is 13.4 Å². The molecule has 1 aromatic heterocycles. The second kappa shape index (κ2) is 8.68. The van der Waals surface area contributed by atoms with Crippen LogP contribution in [0, 0.1) is 0 Å². The standard InChI is InChI=1S/C22H23N3O5S2/c26-21(24-22-23-17-13-18-19(14-20(17)31-22)30-11-10-29-18)15-6-5-7-16(12-15)32(27,28)25-8-3-1-2-4-9-25/h5-7,12-14H,1-4,8-11H2,(H,23,24,26). The third kappa shape index (κ3) is 4.17. The first-order valence-electron chi connectivity index (χ1n) is 10.6. The summed E-state index contributed by atoms with van der Waals surface area (Å²) in [4.78, 5) is 17.5. The fourth-order valence-electron chi connectivity index (χ4n) is 3.92. The summed E-state index contributed by atoms with van der Waals surface area (Å²) in [5.41, 5.74) is 0.971. The molecule has 3 heterocycles. The molecule has 2 aliphatic rings. The molecule has 32 heavy (non-hydrogen) atoms. The molecular weight excluding hydrogens is 450 g/mol. The van der Waals surface area contributed by atoms with Crippen LogP contribution in [0.5, 0.6) is 11.5 Å². The average Bonchev–Trinajstić information content (AvgIpc) is 2.99. The molecule has 2 aliphatic heterocycles. The molecule has 0 atom stereocenters. The van der Waals surface area contributed by atoms with Crippen molar-refractivity contribution >= 4 is 42.6 Å². The number of carbonyl (C=O) groups excluding carboxylic acids is 1. The Balaban J connectivity index is 1.37. The van der Waals surface area contributed by atoms with Crippen molar-refractivity contribution in [2.24, 2.45) is 0 Å². The van der Waals surface area contributed by atoms with Crippen molar-refractivity contribution in [3.05, 3.63) is 42.0 Å². The minimum Gasteiger partial charge on any atom is -0.486 e. The van der Waals surface area contributed by atoms with Gasteiger partial charge in [0.2, 0.25) is 10.0 Å². The molecule has 0 bridgehead atoms. The fourth-order valence-corrected chi connectivity index (χ4v) is 6.35. The number of rotatable bonds is 4. The molecule has 0 saturated carbocycles. The highest BCUT2D eigenvalue weighted by molar-refractivity contribution is 7.89. The van der Waals surface area contributed by atoms with E-state index in [2.05, 4.69) is 10.3 Å². The van der Waals surface area contributed by atoms with E-state index in [-0.39, 0.29) is 10.5 Å². The van der Waals surface area contributed by atoms with Gasteiger partial charge in [-0.2, -0.15) is 4.31 Å².